The van der Waals surface area contributed by atoms with Crippen LogP contribution in [0.2, 0.25) is 5.02 Å². The van der Waals surface area contributed by atoms with Crippen LogP contribution in [0.15, 0.2) is 75.6 Å². The van der Waals surface area contributed by atoms with Crippen LogP contribution in [-0.4, -0.2) is 30.2 Å². The number of benzene rings is 2. The summed E-state index contributed by atoms with van der Waals surface area (Å²) >= 11 is 6.14. The molecule has 0 spiro atoms. The summed E-state index contributed by atoms with van der Waals surface area (Å²) in [4.78, 5) is 12.0. The van der Waals surface area contributed by atoms with Crippen LogP contribution in [0.3, 0.4) is 0 Å². The van der Waals surface area contributed by atoms with Crippen LogP contribution in [0, 0.1) is 6.92 Å². The second-order valence-electron chi connectivity index (χ2n) is 7.51. The first-order valence-corrected chi connectivity index (χ1v) is 11.8. The summed E-state index contributed by atoms with van der Waals surface area (Å²) in [7, 11) is -1.69. The molecule has 1 N–H and O–H groups in total. The summed E-state index contributed by atoms with van der Waals surface area (Å²) in [5.41, 5.74) is 3.66. The van der Waals surface area contributed by atoms with Gasteiger partial charge < -0.3 is 9.77 Å². The molecule has 0 bridgehead atoms. The van der Waals surface area contributed by atoms with E-state index in [9.17, 15) is 18.4 Å². The third-order valence-electron chi connectivity index (χ3n) is 5.26. The Morgan fingerprint density at radius 2 is 1.81 bits per heavy atom. The predicted molar refractivity (Wildman–Crippen MR) is 122 cm³/mol. The molecule has 2 aromatic carbocycles. The molecule has 162 valence electrons. The summed E-state index contributed by atoms with van der Waals surface area (Å²) in [5.74, 6) is -0.228. The minimum Gasteiger partial charge on any atom is -0.411 e. The molecule has 0 saturated heterocycles. The number of sulfone groups is 1. The number of hydrogen-bond acceptors (Lipinski definition) is 5. The monoisotopic (exact) mass is 458 g/mol. The van der Waals surface area contributed by atoms with Gasteiger partial charge in [0.15, 0.2) is 9.84 Å². The van der Waals surface area contributed by atoms with Crippen LogP contribution < -0.4 is 5.56 Å². The Bertz CT molecular complexity index is 1300. The molecular weight excluding hydrogens is 436 g/mol. The Kier molecular flexibility index (Phi) is 6.67. The van der Waals surface area contributed by atoms with Gasteiger partial charge in [0, 0.05) is 48.5 Å². The van der Waals surface area contributed by atoms with Crippen molar-refractivity contribution in [3.8, 4) is 0 Å². The van der Waals surface area contributed by atoms with Crippen LogP contribution >= 0.6 is 11.6 Å². The van der Waals surface area contributed by atoms with E-state index in [1.54, 1.807) is 49.6 Å². The van der Waals surface area contributed by atoms with E-state index in [1.807, 2.05) is 19.1 Å². The van der Waals surface area contributed by atoms with Gasteiger partial charge in [0.1, 0.15) is 0 Å². The van der Waals surface area contributed by atoms with E-state index in [0.717, 1.165) is 16.7 Å². The molecule has 31 heavy (non-hydrogen) atoms. The molecule has 3 rings (SSSR count). The maximum Gasteiger partial charge on any atom is 0.250 e. The Hall–Kier alpha value is -2.90. The topological polar surface area (TPSA) is 88.7 Å². The fraction of sp³-hybridized carbons (Fsp3) is 0.217. The Morgan fingerprint density at radius 1 is 1.13 bits per heavy atom. The van der Waals surface area contributed by atoms with Gasteiger partial charge in [-0.2, -0.15) is 0 Å². The van der Waals surface area contributed by atoms with Crippen LogP contribution in [0.5, 0.6) is 0 Å². The van der Waals surface area contributed by atoms with Crippen molar-refractivity contribution in [2.75, 3.05) is 6.26 Å². The predicted octanol–water partition coefficient (Wildman–Crippen LogP) is 4.15. The maximum atomic E-state index is 11.8. The molecule has 6 nitrogen and oxygen atoms in total. The minimum atomic E-state index is -3.32. The number of rotatable bonds is 6. The lowest BCUT2D eigenvalue weighted by Gasteiger charge is -2.21. The number of pyridine rings is 1. The zero-order chi connectivity index (χ0) is 22.8. The molecule has 0 aliphatic heterocycles. The lowest BCUT2D eigenvalue weighted by atomic mass is 9.83. The summed E-state index contributed by atoms with van der Waals surface area (Å²) in [5, 5.41) is 13.9. The number of aromatic nitrogens is 1. The average Bonchev–Trinajstić information content (AvgIpc) is 2.71. The lowest BCUT2D eigenvalue weighted by Crippen LogP contribution is -2.18. The van der Waals surface area contributed by atoms with Gasteiger partial charge in [0.2, 0.25) is 5.56 Å². The van der Waals surface area contributed by atoms with Gasteiger partial charge in [0.05, 0.1) is 10.6 Å². The Morgan fingerprint density at radius 3 is 2.35 bits per heavy atom. The molecule has 0 saturated carbocycles. The van der Waals surface area contributed by atoms with Crippen molar-refractivity contribution in [1.82, 2.24) is 4.57 Å². The second-order valence-corrected chi connectivity index (χ2v) is 9.96. The smallest absolute Gasteiger partial charge is 0.250 e. The normalized spacial score (nSPS) is 13.2. The number of nitrogens with zero attached hydrogens (tertiary/aromatic N) is 2. The summed E-state index contributed by atoms with van der Waals surface area (Å²) in [6.45, 7) is 1.95. The van der Waals surface area contributed by atoms with E-state index in [1.165, 1.54) is 16.9 Å². The van der Waals surface area contributed by atoms with Crippen molar-refractivity contribution < 1.29 is 13.6 Å². The van der Waals surface area contributed by atoms with Gasteiger partial charge in [-0.1, -0.05) is 35.0 Å². The quantitative estimate of drug-likeness (QED) is 0.341. The second kappa shape index (κ2) is 9.08. The van der Waals surface area contributed by atoms with Crippen LogP contribution in [0.1, 0.15) is 34.6 Å². The van der Waals surface area contributed by atoms with Gasteiger partial charge in [-0.05, 0) is 53.9 Å². The van der Waals surface area contributed by atoms with Crippen LogP contribution in [0.25, 0.3) is 0 Å². The highest BCUT2D eigenvalue weighted by Gasteiger charge is 2.21. The summed E-state index contributed by atoms with van der Waals surface area (Å²) in [6.07, 6.45) is 3.12. The fourth-order valence-electron chi connectivity index (χ4n) is 3.56. The van der Waals surface area contributed by atoms with Crippen molar-refractivity contribution in [1.29, 1.82) is 0 Å². The molecule has 0 fully saturated rings. The van der Waals surface area contributed by atoms with E-state index < -0.39 is 9.84 Å². The van der Waals surface area contributed by atoms with Crippen molar-refractivity contribution in [3.05, 3.63) is 98.4 Å². The molecule has 1 heterocycles. The van der Waals surface area contributed by atoms with E-state index in [2.05, 4.69) is 5.16 Å². The van der Waals surface area contributed by atoms with Crippen molar-refractivity contribution in [2.45, 2.75) is 24.2 Å². The molecule has 3 aromatic rings. The van der Waals surface area contributed by atoms with Gasteiger partial charge in [-0.3, -0.25) is 4.79 Å². The number of oxime groups is 1. The SMILES string of the molecule is Cc1cc(Cl)ccc1[C@H](CC(=NO)c1ccc(=O)n(C)c1)c1ccc(S(C)(=O)=O)cc1. The number of aryl methyl sites for hydroxylation is 2. The highest BCUT2D eigenvalue weighted by Crippen LogP contribution is 2.33. The summed E-state index contributed by atoms with van der Waals surface area (Å²) in [6, 6.07) is 15.3. The first kappa shape index (κ1) is 22.8. The largest absolute Gasteiger partial charge is 0.411 e. The van der Waals surface area contributed by atoms with Crippen molar-refractivity contribution >= 4 is 27.1 Å². The highest BCUT2D eigenvalue weighted by molar-refractivity contribution is 7.90. The molecule has 0 unspecified atom stereocenters. The zero-order valence-corrected chi connectivity index (χ0v) is 19.0. The van der Waals surface area contributed by atoms with Crippen LogP contribution in [-0.2, 0) is 16.9 Å². The fourth-order valence-corrected chi connectivity index (χ4v) is 4.42. The van der Waals surface area contributed by atoms with Crippen molar-refractivity contribution in [3.63, 3.8) is 0 Å². The first-order chi connectivity index (χ1) is 14.6. The van der Waals surface area contributed by atoms with Gasteiger partial charge in [0.25, 0.3) is 0 Å². The average molecular weight is 459 g/mol. The molecule has 0 radical (unpaired) electrons. The van der Waals surface area contributed by atoms with Gasteiger partial charge >= 0.3 is 0 Å². The van der Waals surface area contributed by atoms with E-state index in [0.29, 0.717) is 22.7 Å². The van der Waals surface area contributed by atoms with Gasteiger partial charge in [-0.15, -0.1) is 0 Å². The standard InChI is InChI=1S/C23H23ClN2O4S/c1-15-12-18(24)7-10-20(15)21(16-4-8-19(9-5-16)31(3,29)30)13-22(25-28)17-6-11-23(27)26(2)14-17/h4-12,14,21,28H,13H2,1-3H3/t21-/m1/s1. The molecule has 0 aliphatic rings. The molecule has 0 amide bonds. The molecule has 1 aromatic heterocycles. The molecule has 0 aliphatic carbocycles. The van der Waals surface area contributed by atoms with Gasteiger partial charge in [-0.25, -0.2) is 8.42 Å². The Labute approximate surface area is 186 Å². The molecule has 8 heteroatoms. The van der Waals surface area contributed by atoms with E-state index >= 15 is 0 Å². The zero-order valence-electron chi connectivity index (χ0n) is 17.4. The third kappa shape index (κ3) is 5.24. The third-order valence-corrected chi connectivity index (χ3v) is 6.62. The van der Waals surface area contributed by atoms with Crippen molar-refractivity contribution in [2.24, 2.45) is 12.2 Å². The Balaban J connectivity index is 2.09. The maximum absolute atomic E-state index is 11.8. The lowest BCUT2D eigenvalue weighted by molar-refractivity contribution is 0.317. The van der Waals surface area contributed by atoms with Crippen LogP contribution in [0.4, 0.5) is 0 Å². The van der Waals surface area contributed by atoms with E-state index in [-0.39, 0.29) is 16.4 Å². The molecule has 1 atom stereocenters. The van der Waals surface area contributed by atoms with E-state index in [4.69, 9.17) is 11.6 Å². The number of halogens is 1. The first-order valence-electron chi connectivity index (χ1n) is 9.54. The number of hydrogen-bond donors (Lipinski definition) is 1. The summed E-state index contributed by atoms with van der Waals surface area (Å²) < 4.78 is 25.1. The molecular formula is C23H23ClN2O4S. The highest BCUT2D eigenvalue weighted by atomic mass is 35.5. The minimum absolute atomic E-state index is 0.164.